The highest BCUT2D eigenvalue weighted by molar-refractivity contribution is 5.70. The molecule has 0 radical (unpaired) electrons. The van der Waals surface area contributed by atoms with E-state index in [1.54, 1.807) is 12.1 Å². The average molecular weight is 289 g/mol. The Bertz CT molecular complexity index is 674. The maximum absolute atomic E-state index is 13.3. The van der Waals surface area contributed by atoms with Gasteiger partial charge in [0.15, 0.2) is 0 Å². The zero-order valence-corrected chi connectivity index (χ0v) is 11.8. The third kappa shape index (κ3) is 3.68. The summed E-state index contributed by atoms with van der Waals surface area (Å²) in [6, 6.07) is 9.03. The monoisotopic (exact) mass is 289 g/mol. The summed E-state index contributed by atoms with van der Waals surface area (Å²) >= 11 is 0. The number of nitro benzene ring substituents is 1. The van der Waals surface area contributed by atoms with E-state index in [0.29, 0.717) is 23.6 Å². The molecule has 2 aromatic carbocycles. The number of nitro groups is 1. The van der Waals surface area contributed by atoms with Crippen LogP contribution in [0.2, 0.25) is 0 Å². The molecule has 21 heavy (non-hydrogen) atoms. The first-order valence-electron chi connectivity index (χ1n) is 6.56. The van der Waals surface area contributed by atoms with Crippen molar-refractivity contribution in [2.24, 2.45) is 0 Å². The molecular weight excluding hydrogens is 273 g/mol. The van der Waals surface area contributed by atoms with Crippen LogP contribution in [0.1, 0.15) is 12.5 Å². The second-order valence-electron chi connectivity index (χ2n) is 4.64. The van der Waals surface area contributed by atoms with Crippen molar-refractivity contribution in [3.05, 3.63) is 57.9 Å². The van der Waals surface area contributed by atoms with Crippen LogP contribution in [-0.2, 0) is 0 Å². The zero-order valence-electron chi connectivity index (χ0n) is 11.8. The Morgan fingerprint density at radius 1 is 1.19 bits per heavy atom. The van der Waals surface area contributed by atoms with Gasteiger partial charge < -0.3 is 10.6 Å². The number of hydrogen-bond donors (Lipinski definition) is 2. The van der Waals surface area contributed by atoms with Crippen LogP contribution < -0.4 is 10.6 Å². The van der Waals surface area contributed by atoms with Crippen LogP contribution in [0.3, 0.4) is 0 Å². The minimum atomic E-state index is -0.454. The first kappa shape index (κ1) is 14.8. The molecule has 0 bridgehead atoms. The van der Waals surface area contributed by atoms with Gasteiger partial charge in [-0.15, -0.1) is 0 Å². The van der Waals surface area contributed by atoms with Gasteiger partial charge in [-0.25, -0.2) is 4.39 Å². The van der Waals surface area contributed by atoms with E-state index >= 15 is 0 Å². The number of nitrogens with one attached hydrogen (secondary N) is 2. The standard InChI is InChI=1S/C15H16FN3O2/c1-3-17-12-7-13(9-14(8-12)19(20)21)18-15-6-11(16)5-4-10(15)2/h4-9,17-18H,3H2,1-2H3. The molecule has 0 fully saturated rings. The Hall–Kier alpha value is -2.63. The quantitative estimate of drug-likeness (QED) is 0.639. The molecule has 2 aromatic rings. The summed E-state index contributed by atoms with van der Waals surface area (Å²) in [6.07, 6.45) is 0. The molecule has 0 spiro atoms. The molecule has 0 aliphatic carbocycles. The molecule has 0 atom stereocenters. The third-order valence-corrected chi connectivity index (χ3v) is 2.99. The van der Waals surface area contributed by atoms with Crippen LogP contribution in [0.5, 0.6) is 0 Å². The summed E-state index contributed by atoms with van der Waals surface area (Å²) in [5.74, 6) is -0.361. The highest BCUT2D eigenvalue weighted by Crippen LogP contribution is 2.28. The normalized spacial score (nSPS) is 10.2. The topological polar surface area (TPSA) is 67.2 Å². The number of non-ortho nitro benzene ring substituents is 1. The molecule has 0 saturated carbocycles. The third-order valence-electron chi connectivity index (χ3n) is 2.99. The number of hydrogen-bond acceptors (Lipinski definition) is 4. The van der Waals surface area contributed by atoms with Crippen molar-refractivity contribution in [1.29, 1.82) is 0 Å². The molecule has 0 aliphatic rings. The first-order chi connectivity index (χ1) is 9.99. The van der Waals surface area contributed by atoms with Crippen molar-refractivity contribution in [3.63, 3.8) is 0 Å². The fraction of sp³-hybridized carbons (Fsp3) is 0.200. The fourth-order valence-corrected chi connectivity index (χ4v) is 1.98. The van der Waals surface area contributed by atoms with Crippen LogP contribution in [0, 0.1) is 22.9 Å². The van der Waals surface area contributed by atoms with E-state index in [1.807, 2.05) is 13.8 Å². The fourth-order valence-electron chi connectivity index (χ4n) is 1.98. The largest absolute Gasteiger partial charge is 0.385 e. The van der Waals surface area contributed by atoms with Gasteiger partial charge in [0.05, 0.1) is 4.92 Å². The summed E-state index contributed by atoms with van der Waals surface area (Å²) in [4.78, 5) is 10.5. The molecule has 5 nitrogen and oxygen atoms in total. The van der Waals surface area contributed by atoms with Crippen molar-refractivity contribution in [2.45, 2.75) is 13.8 Å². The van der Waals surface area contributed by atoms with Crippen molar-refractivity contribution in [2.75, 3.05) is 17.2 Å². The Morgan fingerprint density at radius 3 is 2.57 bits per heavy atom. The number of rotatable bonds is 5. The lowest BCUT2D eigenvalue weighted by atomic mass is 10.1. The zero-order chi connectivity index (χ0) is 15.4. The number of anilines is 3. The van der Waals surface area contributed by atoms with E-state index in [4.69, 9.17) is 0 Å². The van der Waals surface area contributed by atoms with Gasteiger partial charge in [-0.1, -0.05) is 6.07 Å². The van der Waals surface area contributed by atoms with Gasteiger partial charge in [0.25, 0.3) is 5.69 Å². The van der Waals surface area contributed by atoms with Crippen molar-refractivity contribution in [1.82, 2.24) is 0 Å². The van der Waals surface area contributed by atoms with E-state index in [2.05, 4.69) is 10.6 Å². The lowest BCUT2D eigenvalue weighted by Crippen LogP contribution is -2.00. The number of aryl methyl sites for hydroxylation is 1. The Labute approximate surface area is 122 Å². The predicted molar refractivity (Wildman–Crippen MR) is 81.7 cm³/mol. The highest BCUT2D eigenvalue weighted by atomic mass is 19.1. The summed E-state index contributed by atoms with van der Waals surface area (Å²) in [7, 11) is 0. The summed E-state index contributed by atoms with van der Waals surface area (Å²) in [6.45, 7) is 4.40. The SMILES string of the molecule is CCNc1cc(Nc2cc(F)ccc2C)cc([N+](=O)[O-])c1. The molecule has 0 heterocycles. The lowest BCUT2D eigenvalue weighted by molar-refractivity contribution is -0.384. The Kier molecular flexibility index (Phi) is 4.37. The molecule has 2 N–H and O–H groups in total. The molecule has 0 aliphatic heterocycles. The molecule has 0 aromatic heterocycles. The van der Waals surface area contributed by atoms with Gasteiger partial charge in [0.2, 0.25) is 0 Å². The molecule has 2 rings (SSSR count). The van der Waals surface area contributed by atoms with Gasteiger partial charge in [0, 0.05) is 35.7 Å². The van der Waals surface area contributed by atoms with Gasteiger partial charge in [-0.2, -0.15) is 0 Å². The maximum atomic E-state index is 13.3. The summed E-state index contributed by atoms with van der Waals surface area (Å²) in [5, 5.41) is 17.0. The van der Waals surface area contributed by atoms with Crippen LogP contribution in [0.25, 0.3) is 0 Å². The molecule has 0 amide bonds. The van der Waals surface area contributed by atoms with Crippen LogP contribution in [0.15, 0.2) is 36.4 Å². The van der Waals surface area contributed by atoms with E-state index in [9.17, 15) is 14.5 Å². The van der Waals surface area contributed by atoms with E-state index in [0.717, 1.165) is 5.56 Å². The molecule has 110 valence electrons. The van der Waals surface area contributed by atoms with E-state index in [1.165, 1.54) is 24.3 Å². The number of nitrogens with zero attached hydrogens (tertiary/aromatic N) is 1. The minimum absolute atomic E-state index is 0.0231. The van der Waals surface area contributed by atoms with Crippen molar-refractivity contribution >= 4 is 22.7 Å². The predicted octanol–water partition coefficient (Wildman–Crippen LogP) is 4.22. The molecular formula is C15H16FN3O2. The number of halogens is 1. The molecule has 0 saturated heterocycles. The van der Waals surface area contributed by atoms with Crippen molar-refractivity contribution in [3.8, 4) is 0 Å². The summed E-state index contributed by atoms with van der Waals surface area (Å²) < 4.78 is 13.3. The number of benzene rings is 2. The Balaban J connectivity index is 2.38. The summed E-state index contributed by atoms with van der Waals surface area (Å²) in [5.41, 5.74) is 2.59. The van der Waals surface area contributed by atoms with Crippen LogP contribution in [0.4, 0.5) is 27.1 Å². The Morgan fingerprint density at radius 2 is 1.90 bits per heavy atom. The lowest BCUT2D eigenvalue weighted by Gasteiger charge is -2.11. The van der Waals surface area contributed by atoms with Gasteiger partial charge in [0.1, 0.15) is 5.82 Å². The molecule has 0 unspecified atom stereocenters. The van der Waals surface area contributed by atoms with Crippen LogP contribution in [-0.4, -0.2) is 11.5 Å². The van der Waals surface area contributed by atoms with Crippen LogP contribution >= 0.6 is 0 Å². The second-order valence-corrected chi connectivity index (χ2v) is 4.64. The van der Waals surface area contributed by atoms with Gasteiger partial charge >= 0.3 is 0 Å². The maximum Gasteiger partial charge on any atom is 0.273 e. The average Bonchev–Trinajstić information content (AvgIpc) is 2.43. The second kappa shape index (κ2) is 6.21. The van der Waals surface area contributed by atoms with E-state index in [-0.39, 0.29) is 11.5 Å². The smallest absolute Gasteiger partial charge is 0.273 e. The van der Waals surface area contributed by atoms with Gasteiger partial charge in [-0.3, -0.25) is 10.1 Å². The van der Waals surface area contributed by atoms with Crippen molar-refractivity contribution < 1.29 is 9.31 Å². The van der Waals surface area contributed by atoms with Gasteiger partial charge in [-0.05, 0) is 37.6 Å². The van der Waals surface area contributed by atoms with E-state index < -0.39 is 4.92 Å². The first-order valence-corrected chi connectivity index (χ1v) is 6.56. The minimum Gasteiger partial charge on any atom is -0.385 e. The highest BCUT2D eigenvalue weighted by Gasteiger charge is 2.10. The molecule has 6 heteroatoms.